The number of benzene rings is 2. The fourth-order valence-corrected chi connectivity index (χ4v) is 3.30. The Morgan fingerprint density at radius 2 is 1.96 bits per heavy atom. The summed E-state index contributed by atoms with van der Waals surface area (Å²) in [5, 5.41) is 8.29. The Morgan fingerprint density at radius 1 is 1.17 bits per heavy atom. The van der Waals surface area contributed by atoms with Gasteiger partial charge in [-0.15, -0.1) is 5.10 Å². The number of fused-ring (bicyclic) bond motifs is 1. The summed E-state index contributed by atoms with van der Waals surface area (Å²) in [6.45, 7) is 0. The Kier molecular flexibility index (Phi) is 3.61. The van der Waals surface area contributed by atoms with E-state index >= 15 is 0 Å². The summed E-state index contributed by atoms with van der Waals surface area (Å²) in [4.78, 5) is 4.25. The molecule has 1 aromatic heterocycles. The zero-order valence-electron chi connectivity index (χ0n) is 12.7. The van der Waals surface area contributed by atoms with Crippen LogP contribution in [-0.2, 0) is 0 Å². The van der Waals surface area contributed by atoms with E-state index in [1.54, 1.807) is 16.8 Å². The highest BCUT2D eigenvalue weighted by Crippen LogP contribution is 2.38. The minimum Gasteiger partial charge on any atom is -0.366 e. The van der Waals surface area contributed by atoms with E-state index in [0.717, 1.165) is 17.5 Å². The van der Waals surface area contributed by atoms with Crippen LogP contribution in [0.4, 0.5) is 16.3 Å². The molecule has 3 N–H and O–H groups in total. The molecular formula is C17H15ClFN5. The average molecular weight is 344 g/mol. The van der Waals surface area contributed by atoms with Crippen LogP contribution >= 0.6 is 11.6 Å². The van der Waals surface area contributed by atoms with E-state index in [1.165, 1.54) is 12.1 Å². The molecule has 0 radical (unpaired) electrons. The summed E-state index contributed by atoms with van der Waals surface area (Å²) in [6.07, 6.45) is 0.724. The average Bonchev–Trinajstić information content (AvgIpc) is 2.94. The topological polar surface area (TPSA) is 68.8 Å². The third kappa shape index (κ3) is 2.69. The molecule has 2 aromatic carbocycles. The maximum atomic E-state index is 13.2. The number of nitrogens with two attached hydrogens (primary N) is 1. The maximum absolute atomic E-state index is 13.2. The first-order valence-corrected chi connectivity index (χ1v) is 7.97. The van der Waals surface area contributed by atoms with E-state index in [0.29, 0.717) is 11.0 Å². The van der Waals surface area contributed by atoms with E-state index in [9.17, 15) is 4.39 Å². The molecular weight excluding hydrogens is 329 g/mol. The zero-order chi connectivity index (χ0) is 16.7. The molecule has 1 aliphatic rings. The minimum absolute atomic E-state index is 0.0225. The van der Waals surface area contributed by atoms with E-state index in [2.05, 4.69) is 15.4 Å². The van der Waals surface area contributed by atoms with Crippen LogP contribution in [0, 0.1) is 5.82 Å². The van der Waals surface area contributed by atoms with Gasteiger partial charge >= 0.3 is 0 Å². The molecule has 0 fully saturated rings. The van der Waals surface area contributed by atoms with Gasteiger partial charge in [-0.1, -0.05) is 35.9 Å². The van der Waals surface area contributed by atoms with Gasteiger partial charge in [0.25, 0.3) is 0 Å². The molecule has 0 bridgehead atoms. The lowest BCUT2D eigenvalue weighted by molar-refractivity contribution is 0.431. The highest BCUT2D eigenvalue weighted by atomic mass is 35.5. The quantitative estimate of drug-likeness (QED) is 0.742. The SMILES string of the molecule is Nc1nc2n(n1)[C@@H](c1cccc(Cl)c1)C[C@H](c1ccc(F)cc1)N2. The molecule has 7 heteroatoms. The van der Waals surface area contributed by atoms with Gasteiger partial charge < -0.3 is 11.1 Å². The first-order chi connectivity index (χ1) is 11.6. The molecule has 3 aromatic rings. The number of nitrogen functional groups attached to an aromatic ring is 1. The molecule has 24 heavy (non-hydrogen) atoms. The fourth-order valence-electron chi connectivity index (χ4n) is 3.10. The van der Waals surface area contributed by atoms with E-state index in [1.807, 2.05) is 24.3 Å². The largest absolute Gasteiger partial charge is 0.366 e. The number of hydrogen-bond donors (Lipinski definition) is 2. The third-order valence-electron chi connectivity index (χ3n) is 4.21. The van der Waals surface area contributed by atoms with Crippen molar-refractivity contribution in [3.05, 3.63) is 70.5 Å². The van der Waals surface area contributed by atoms with Crippen molar-refractivity contribution in [2.75, 3.05) is 11.1 Å². The van der Waals surface area contributed by atoms with Gasteiger partial charge in [0.1, 0.15) is 5.82 Å². The van der Waals surface area contributed by atoms with Crippen LogP contribution in [0.25, 0.3) is 0 Å². The molecule has 0 saturated carbocycles. The summed E-state index contributed by atoms with van der Waals surface area (Å²) in [6, 6.07) is 14.1. The predicted octanol–water partition coefficient (Wildman–Crippen LogP) is 3.80. The zero-order valence-corrected chi connectivity index (χ0v) is 13.4. The summed E-state index contributed by atoms with van der Waals surface area (Å²) < 4.78 is 15.0. The van der Waals surface area contributed by atoms with Crippen molar-refractivity contribution in [1.29, 1.82) is 0 Å². The van der Waals surface area contributed by atoms with Crippen LogP contribution in [0.5, 0.6) is 0 Å². The molecule has 5 nitrogen and oxygen atoms in total. The molecule has 0 spiro atoms. The Morgan fingerprint density at radius 3 is 2.71 bits per heavy atom. The van der Waals surface area contributed by atoms with Crippen molar-refractivity contribution in [2.45, 2.75) is 18.5 Å². The van der Waals surface area contributed by atoms with Crippen molar-refractivity contribution in [3.8, 4) is 0 Å². The number of anilines is 2. The van der Waals surface area contributed by atoms with Crippen LogP contribution < -0.4 is 11.1 Å². The van der Waals surface area contributed by atoms with Gasteiger partial charge in [-0.2, -0.15) is 4.98 Å². The lowest BCUT2D eigenvalue weighted by atomic mass is 9.93. The highest BCUT2D eigenvalue weighted by Gasteiger charge is 2.30. The summed E-state index contributed by atoms with van der Waals surface area (Å²) >= 11 is 6.14. The molecule has 4 rings (SSSR count). The Balaban J connectivity index is 1.76. The number of nitrogens with zero attached hydrogens (tertiary/aromatic N) is 3. The second-order valence-corrected chi connectivity index (χ2v) is 6.23. The van der Waals surface area contributed by atoms with Crippen molar-refractivity contribution in [2.24, 2.45) is 0 Å². The summed E-state index contributed by atoms with van der Waals surface area (Å²) in [5.41, 5.74) is 7.79. The molecule has 0 aliphatic carbocycles. The smallest absolute Gasteiger partial charge is 0.241 e. The molecule has 122 valence electrons. The second-order valence-electron chi connectivity index (χ2n) is 5.79. The highest BCUT2D eigenvalue weighted by molar-refractivity contribution is 6.30. The molecule has 0 amide bonds. The van der Waals surface area contributed by atoms with E-state index in [-0.39, 0.29) is 23.8 Å². The van der Waals surface area contributed by atoms with Crippen LogP contribution in [0.3, 0.4) is 0 Å². The first-order valence-electron chi connectivity index (χ1n) is 7.59. The second kappa shape index (κ2) is 5.79. The van der Waals surface area contributed by atoms with Crippen LogP contribution in [0.2, 0.25) is 5.02 Å². The monoisotopic (exact) mass is 343 g/mol. The molecule has 0 unspecified atom stereocenters. The van der Waals surface area contributed by atoms with E-state index in [4.69, 9.17) is 17.3 Å². The number of nitrogens with one attached hydrogen (secondary N) is 1. The maximum Gasteiger partial charge on any atom is 0.241 e. The normalized spacial score (nSPS) is 19.6. The number of rotatable bonds is 2. The first kappa shape index (κ1) is 15.0. The van der Waals surface area contributed by atoms with E-state index < -0.39 is 0 Å². The molecule has 1 aliphatic heterocycles. The Hall–Kier alpha value is -2.60. The third-order valence-corrected chi connectivity index (χ3v) is 4.45. The van der Waals surface area contributed by atoms with Gasteiger partial charge in [0.2, 0.25) is 11.9 Å². The lowest BCUT2D eigenvalue weighted by Gasteiger charge is -2.31. The standard InChI is InChI=1S/C17H15ClFN5/c18-12-3-1-2-11(8-12)15-9-14(10-4-6-13(19)7-5-10)21-17-22-16(20)23-24(15)17/h1-8,14-15H,9H2,(H3,20,21,22,23)/t14-,15-/m1/s1. The number of halogens is 2. The van der Waals surface area contributed by atoms with Gasteiger partial charge in [-0.05, 0) is 41.8 Å². The fraction of sp³-hybridized carbons (Fsp3) is 0.176. The van der Waals surface area contributed by atoms with Crippen molar-refractivity contribution >= 4 is 23.5 Å². The molecule has 2 heterocycles. The Bertz CT molecular complexity index is 877. The van der Waals surface area contributed by atoms with Crippen LogP contribution in [-0.4, -0.2) is 14.8 Å². The van der Waals surface area contributed by atoms with Gasteiger partial charge in [-0.25, -0.2) is 9.07 Å². The van der Waals surface area contributed by atoms with Gasteiger partial charge in [-0.3, -0.25) is 0 Å². The van der Waals surface area contributed by atoms with Crippen LogP contribution in [0.15, 0.2) is 48.5 Å². The minimum atomic E-state index is -0.256. The number of aromatic nitrogens is 3. The molecule has 2 atom stereocenters. The van der Waals surface area contributed by atoms with Crippen molar-refractivity contribution in [3.63, 3.8) is 0 Å². The Labute approximate surface area is 143 Å². The van der Waals surface area contributed by atoms with Crippen molar-refractivity contribution in [1.82, 2.24) is 14.8 Å². The summed E-state index contributed by atoms with van der Waals surface area (Å²) in [5.74, 6) is 0.552. The van der Waals surface area contributed by atoms with Gasteiger partial charge in [0.05, 0.1) is 12.1 Å². The molecule has 0 saturated heterocycles. The lowest BCUT2D eigenvalue weighted by Crippen LogP contribution is -2.28. The van der Waals surface area contributed by atoms with Gasteiger partial charge in [0, 0.05) is 5.02 Å². The van der Waals surface area contributed by atoms with Crippen LogP contribution in [0.1, 0.15) is 29.6 Å². The number of hydrogen-bond acceptors (Lipinski definition) is 4. The van der Waals surface area contributed by atoms with Crippen molar-refractivity contribution < 1.29 is 4.39 Å². The summed E-state index contributed by atoms with van der Waals surface area (Å²) in [7, 11) is 0. The van der Waals surface area contributed by atoms with Gasteiger partial charge in [0.15, 0.2) is 0 Å². The predicted molar refractivity (Wildman–Crippen MR) is 91.4 cm³/mol.